The third-order valence-electron chi connectivity index (χ3n) is 0.444. The van der Waals surface area contributed by atoms with Crippen LogP contribution in [0, 0.1) is 0 Å². The molecule has 0 radical (unpaired) electrons. The first-order valence-electron chi connectivity index (χ1n) is 1.33. The minimum absolute atomic E-state index is 0. The minimum atomic E-state index is 0. The van der Waals surface area contributed by atoms with Crippen LogP contribution >= 0.6 is 0 Å². The summed E-state index contributed by atoms with van der Waals surface area (Å²) in [6.45, 7) is 0. The van der Waals surface area contributed by atoms with Crippen LogP contribution in [0.2, 0.25) is 0 Å². The molecule has 1 heteroatoms. The normalized spacial score (nSPS) is 12.8. The molecule has 0 bridgehead atoms. The van der Waals surface area contributed by atoms with Crippen molar-refractivity contribution in [3.8, 4) is 0 Å². The maximum atomic E-state index is 2.00. The zero-order valence-electron chi connectivity index (χ0n) is 2.63. The van der Waals surface area contributed by atoms with E-state index in [0.29, 0.717) is 0 Å². The largest absolute Gasteiger partial charge is 0.0623 e. The molecule has 5 heavy (non-hydrogen) atoms. The van der Waals surface area contributed by atoms with E-state index in [1.54, 1.807) is 0 Å². The monoisotopic (exact) mass is 110 g/mol. The average Bonchev–Trinajstić information content (AvgIpc) is 0.722. The van der Waals surface area contributed by atoms with Gasteiger partial charge in [0.15, 0.2) is 0 Å². The first-order valence-corrected chi connectivity index (χ1v) is 1.33. The smallest absolute Gasteiger partial charge is 0 e. The maximum absolute atomic E-state index is 2.00. The Morgan fingerprint density at radius 1 is 0.600 bits per heavy atom. The third-order valence-corrected chi connectivity index (χ3v) is 0.444. The van der Waals surface area contributed by atoms with Crippen LogP contribution in [0.15, 0.2) is 24.3 Å². The van der Waals surface area contributed by atoms with E-state index < -0.39 is 0 Å². The van der Waals surface area contributed by atoms with Gasteiger partial charge in [0, 0.05) is 16.5 Å². The van der Waals surface area contributed by atoms with Gasteiger partial charge in [-0.15, -0.1) is 0 Å². The van der Waals surface area contributed by atoms with Crippen molar-refractivity contribution in [2.75, 3.05) is 0 Å². The predicted octanol–water partition coefficient (Wildman–Crippen LogP) is 1.11. The van der Waals surface area contributed by atoms with Crippen LogP contribution in [0.25, 0.3) is 0 Å². The van der Waals surface area contributed by atoms with E-state index in [4.69, 9.17) is 0 Å². The molecule has 1 rings (SSSR count). The molecule has 0 nitrogen and oxygen atoms in total. The van der Waals surface area contributed by atoms with Crippen molar-refractivity contribution in [3.63, 3.8) is 0 Å². The Morgan fingerprint density at radius 3 is 0.800 bits per heavy atom. The second-order valence-corrected chi connectivity index (χ2v) is 0.770. The molecule has 0 unspecified atom stereocenters. The first-order chi connectivity index (χ1) is 2.00. The van der Waals surface area contributed by atoms with Gasteiger partial charge in [0.1, 0.15) is 0 Å². The van der Waals surface area contributed by atoms with Crippen LogP contribution in [0.1, 0.15) is 0 Å². The molecule has 0 amide bonds. The molecule has 0 heterocycles. The summed E-state index contributed by atoms with van der Waals surface area (Å²) in [5.41, 5.74) is 0. The molecule has 0 saturated carbocycles. The number of allylic oxidation sites excluding steroid dienone is 4. The predicted molar refractivity (Wildman–Crippen MR) is 18.3 cm³/mol. The van der Waals surface area contributed by atoms with Gasteiger partial charge in [0.05, 0.1) is 0 Å². The van der Waals surface area contributed by atoms with Crippen LogP contribution in [-0.4, -0.2) is 0 Å². The van der Waals surface area contributed by atoms with Gasteiger partial charge in [0.2, 0.25) is 0 Å². The Bertz CT molecular complexity index is 44.0. The van der Waals surface area contributed by atoms with Gasteiger partial charge < -0.3 is 0 Å². The SMILES string of the molecule is C1=CC=C1.[Ni]. The maximum Gasteiger partial charge on any atom is 0 e. The molecule has 0 spiro atoms. The molecule has 0 aromatic rings. The molecule has 0 saturated heterocycles. The van der Waals surface area contributed by atoms with E-state index in [0.717, 1.165) is 0 Å². The van der Waals surface area contributed by atoms with E-state index in [2.05, 4.69) is 0 Å². The molecule has 1 aliphatic rings. The Morgan fingerprint density at radius 2 is 0.800 bits per heavy atom. The van der Waals surface area contributed by atoms with Crippen molar-refractivity contribution in [2.45, 2.75) is 0 Å². The molecule has 0 aromatic heterocycles. The summed E-state index contributed by atoms with van der Waals surface area (Å²) in [5.74, 6) is 0. The van der Waals surface area contributed by atoms with Crippen molar-refractivity contribution >= 4 is 0 Å². The zero-order valence-corrected chi connectivity index (χ0v) is 3.61. The van der Waals surface area contributed by atoms with Gasteiger partial charge in [-0.2, -0.15) is 0 Å². The summed E-state index contributed by atoms with van der Waals surface area (Å²) in [6.07, 6.45) is 8.00. The van der Waals surface area contributed by atoms with Gasteiger partial charge in [0.25, 0.3) is 0 Å². The van der Waals surface area contributed by atoms with Gasteiger partial charge in [-0.05, 0) is 0 Å². The molecule has 0 atom stereocenters. The number of rotatable bonds is 0. The van der Waals surface area contributed by atoms with E-state index in [9.17, 15) is 0 Å². The second kappa shape index (κ2) is 2.23. The third kappa shape index (κ3) is 0.980. The number of hydrogen-bond acceptors (Lipinski definition) is 0. The summed E-state index contributed by atoms with van der Waals surface area (Å²) in [6, 6.07) is 0. The Labute approximate surface area is 41.5 Å². The molecule has 0 N–H and O–H groups in total. The van der Waals surface area contributed by atoms with Crippen LogP contribution in [0.4, 0.5) is 0 Å². The fraction of sp³-hybridized carbons (Fsp3) is 0. The topological polar surface area (TPSA) is 0 Å². The average molecular weight is 111 g/mol. The Hall–Kier alpha value is -0.0265. The molecule has 1 aliphatic carbocycles. The quantitative estimate of drug-likeness (QED) is 0.410. The molecule has 0 aliphatic heterocycles. The van der Waals surface area contributed by atoms with Gasteiger partial charge in [-0.1, -0.05) is 24.3 Å². The minimum Gasteiger partial charge on any atom is -0.0623 e. The van der Waals surface area contributed by atoms with E-state index in [1.165, 1.54) is 0 Å². The van der Waals surface area contributed by atoms with E-state index >= 15 is 0 Å². The molecule has 0 fully saturated rings. The fourth-order valence-corrected chi connectivity index (χ4v) is 0.111. The summed E-state index contributed by atoms with van der Waals surface area (Å²) in [7, 11) is 0. The zero-order chi connectivity index (χ0) is 2.83. The second-order valence-electron chi connectivity index (χ2n) is 0.770. The van der Waals surface area contributed by atoms with Gasteiger partial charge in [-0.3, -0.25) is 0 Å². The van der Waals surface area contributed by atoms with Crippen molar-refractivity contribution < 1.29 is 16.5 Å². The van der Waals surface area contributed by atoms with E-state index in [-0.39, 0.29) is 16.5 Å². The van der Waals surface area contributed by atoms with Crippen LogP contribution < -0.4 is 0 Å². The van der Waals surface area contributed by atoms with E-state index in [1.807, 2.05) is 24.3 Å². The van der Waals surface area contributed by atoms with Crippen LogP contribution in [-0.2, 0) is 16.5 Å². The summed E-state index contributed by atoms with van der Waals surface area (Å²) in [4.78, 5) is 0. The number of hydrogen-bond donors (Lipinski definition) is 0. The molecule has 30 valence electrons. The standard InChI is InChI=1S/C4H4.Ni/c1-2-4-3-1;/h1-4H;. The van der Waals surface area contributed by atoms with Crippen molar-refractivity contribution in [2.24, 2.45) is 0 Å². The Kier molecular flexibility index (Phi) is 2.21. The van der Waals surface area contributed by atoms with Crippen LogP contribution in [0.3, 0.4) is 0 Å². The van der Waals surface area contributed by atoms with Crippen molar-refractivity contribution in [3.05, 3.63) is 24.3 Å². The van der Waals surface area contributed by atoms with Gasteiger partial charge >= 0.3 is 0 Å². The fourth-order valence-electron chi connectivity index (χ4n) is 0.111. The van der Waals surface area contributed by atoms with Crippen LogP contribution in [0.5, 0.6) is 0 Å². The van der Waals surface area contributed by atoms with Crippen molar-refractivity contribution in [1.82, 2.24) is 0 Å². The van der Waals surface area contributed by atoms with Crippen molar-refractivity contribution in [1.29, 1.82) is 0 Å². The molecular weight excluding hydrogens is 107 g/mol. The molecule has 0 aromatic carbocycles. The summed E-state index contributed by atoms with van der Waals surface area (Å²) >= 11 is 0. The molecular formula is C4H4Ni. The van der Waals surface area contributed by atoms with Gasteiger partial charge in [-0.25, -0.2) is 0 Å². The summed E-state index contributed by atoms with van der Waals surface area (Å²) in [5, 5.41) is 0. The Balaban J connectivity index is 0.000000160. The summed E-state index contributed by atoms with van der Waals surface area (Å²) < 4.78 is 0. The first kappa shape index (κ1) is 4.97.